The van der Waals surface area contributed by atoms with Crippen molar-refractivity contribution in [2.45, 2.75) is 49.5 Å². The van der Waals surface area contributed by atoms with Crippen LogP contribution in [-0.4, -0.2) is 65.7 Å². The van der Waals surface area contributed by atoms with Gasteiger partial charge in [0, 0.05) is 3.57 Å². The molecule has 13 heteroatoms. The highest BCUT2D eigenvalue weighted by Gasteiger charge is 2.76. The number of hydrogen-bond donors (Lipinski definition) is 2. The first-order valence-electron chi connectivity index (χ1n) is 18.1. The number of imide groups is 1. The number of rotatable bonds is 9. The fraction of sp³-hybridized carbons (Fsp3) is 0.279. The molecule has 2 saturated heterocycles. The monoisotopic (exact) mass is 869 g/mol. The second-order valence-corrected chi connectivity index (χ2v) is 15.5. The number of nitrogens with zero attached hydrogens (tertiary/aromatic N) is 2. The SMILES string of the molecule is C=CCOC(=O)[C@H]1[C@@H]2C(=O)O[C@@H](c3ccccc3)[C@@H](c3ccccc3)N2[C@@H](c2ccc(O)cc2)[C@]12C(=O)N(C(=O)N[C@H](C(=O)OC)C(C)C)c1ccc(I)cc12. The minimum atomic E-state index is -2.01. The second-order valence-electron chi connectivity index (χ2n) is 14.3. The van der Waals surface area contributed by atoms with E-state index in [4.69, 9.17) is 14.2 Å². The van der Waals surface area contributed by atoms with Crippen molar-refractivity contribution in [3.8, 4) is 5.75 Å². The van der Waals surface area contributed by atoms with E-state index in [0.717, 1.165) is 10.5 Å². The number of anilines is 1. The van der Waals surface area contributed by atoms with E-state index in [1.807, 2.05) is 65.6 Å². The van der Waals surface area contributed by atoms with E-state index in [9.17, 15) is 24.3 Å². The van der Waals surface area contributed by atoms with Crippen molar-refractivity contribution in [1.29, 1.82) is 0 Å². The zero-order chi connectivity index (χ0) is 39.9. The Hall–Kier alpha value is -5.54. The van der Waals surface area contributed by atoms with Crippen molar-refractivity contribution in [2.75, 3.05) is 18.6 Å². The molecule has 0 saturated carbocycles. The van der Waals surface area contributed by atoms with E-state index >= 15 is 4.79 Å². The molecule has 4 aromatic carbocycles. The number of hydrogen-bond acceptors (Lipinski definition) is 10. The molecule has 4 aromatic rings. The zero-order valence-electron chi connectivity index (χ0n) is 30.8. The van der Waals surface area contributed by atoms with Crippen LogP contribution in [0.5, 0.6) is 5.75 Å². The standard InChI is InChI=1S/C43H40IN3O9/c1-5-22-55-38(49)32-35-40(51)56-36(26-14-10-7-11-15-26)34(25-12-8-6-9-13-25)47(35)37(27-16-19-29(48)20-17-27)43(32)30-23-28(44)18-21-31(30)46(41(43)52)42(53)45-33(24(2)3)39(50)54-4/h5-21,23-24,32-37,48H,1,22H2,2-4H3,(H,45,53)/t32-,33+,34-,35-,36+,37+,43-/m1/s1. The van der Waals surface area contributed by atoms with Gasteiger partial charge in [-0.3, -0.25) is 19.3 Å². The van der Waals surface area contributed by atoms with E-state index in [-0.39, 0.29) is 18.0 Å². The van der Waals surface area contributed by atoms with E-state index in [0.29, 0.717) is 20.3 Å². The Kier molecular flexibility index (Phi) is 10.7. The number of aromatic hydroxyl groups is 1. The maximum Gasteiger partial charge on any atom is 0.329 e. The molecule has 3 amide bonds. The van der Waals surface area contributed by atoms with Crippen LogP contribution in [0.4, 0.5) is 10.5 Å². The predicted molar refractivity (Wildman–Crippen MR) is 213 cm³/mol. The highest BCUT2D eigenvalue weighted by atomic mass is 127. The average molecular weight is 870 g/mol. The Morgan fingerprint density at radius 2 is 1.57 bits per heavy atom. The van der Waals surface area contributed by atoms with Crippen molar-refractivity contribution >= 4 is 58.1 Å². The lowest BCUT2D eigenvalue weighted by Gasteiger charge is -2.46. The molecule has 0 bridgehead atoms. The van der Waals surface area contributed by atoms with Gasteiger partial charge in [-0.25, -0.2) is 14.5 Å². The molecule has 0 aromatic heterocycles. The van der Waals surface area contributed by atoms with Gasteiger partial charge in [0.2, 0.25) is 5.91 Å². The first-order valence-corrected chi connectivity index (χ1v) is 19.2. The smallest absolute Gasteiger partial charge is 0.329 e. The van der Waals surface area contributed by atoms with Gasteiger partial charge in [0.05, 0.1) is 24.9 Å². The van der Waals surface area contributed by atoms with Gasteiger partial charge in [-0.1, -0.05) is 99.3 Å². The summed E-state index contributed by atoms with van der Waals surface area (Å²) in [5, 5.41) is 13.2. The van der Waals surface area contributed by atoms with E-state index < -0.39 is 77.4 Å². The summed E-state index contributed by atoms with van der Waals surface area (Å²) in [6.45, 7) is 6.93. The summed E-state index contributed by atoms with van der Waals surface area (Å²) in [4.78, 5) is 75.8. The minimum Gasteiger partial charge on any atom is -0.508 e. The van der Waals surface area contributed by atoms with Crippen LogP contribution < -0.4 is 10.2 Å². The number of methoxy groups -OCH3 is 1. The minimum absolute atomic E-state index is 0.0460. The number of ether oxygens (including phenoxy) is 3. The fourth-order valence-electron chi connectivity index (χ4n) is 8.55. The number of fused-ring (bicyclic) bond motifs is 3. The molecular formula is C43H40IN3O9. The summed E-state index contributed by atoms with van der Waals surface area (Å²) in [5.41, 5.74) is 0.343. The van der Waals surface area contributed by atoms with Crippen molar-refractivity contribution in [1.82, 2.24) is 10.2 Å². The van der Waals surface area contributed by atoms with E-state index in [1.54, 1.807) is 44.2 Å². The number of benzene rings is 4. The highest BCUT2D eigenvalue weighted by molar-refractivity contribution is 14.1. The normalized spacial score (nSPS) is 24.6. The number of urea groups is 1. The van der Waals surface area contributed by atoms with Crippen LogP contribution in [0, 0.1) is 15.4 Å². The van der Waals surface area contributed by atoms with Crippen LogP contribution >= 0.6 is 22.6 Å². The number of phenolic OH excluding ortho intramolecular Hbond substituents is 1. The Bertz CT molecular complexity index is 2180. The number of nitrogens with one attached hydrogen (secondary N) is 1. The van der Waals surface area contributed by atoms with Crippen molar-refractivity contribution < 1.29 is 43.3 Å². The van der Waals surface area contributed by atoms with E-state index in [1.165, 1.54) is 25.3 Å². The first-order chi connectivity index (χ1) is 26.9. The molecule has 2 fully saturated rings. The molecule has 3 aliphatic heterocycles. The Morgan fingerprint density at radius 3 is 2.18 bits per heavy atom. The summed E-state index contributed by atoms with van der Waals surface area (Å²) in [6, 6.07) is 24.5. The average Bonchev–Trinajstić information content (AvgIpc) is 3.65. The van der Waals surface area contributed by atoms with Gasteiger partial charge in [0.1, 0.15) is 41.9 Å². The molecule has 3 heterocycles. The van der Waals surface area contributed by atoms with Crippen LogP contribution in [0.25, 0.3) is 0 Å². The first kappa shape index (κ1) is 38.7. The van der Waals surface area contributed by atoms with Crippen LogP contribution in [0.2, 0.25) is 0 Å². The lowest BCUT2D eigenvalue weighted by Crippen LogP contribution is -2.56. The Morgan fingerprint density at radius 1 is 0.929 bits per heavy atom. The molecule has 0 unspecified atom stereocenters. The molecule has 2 N–H and O–H groups in total. The van der Waals surface area contributed by atoms with Crippen LogP contribution in [-0.2, 0) is 38.8 Å². The number of cyclic esters (lactones) is 1. The fourth-order valence-corrected chi connectivity index (χ4v) is 9.05. The number of amides is 3. The number of phenols is 1. The number of morpholine rings is 1. The molecule has 1 spiro atoms. The summed E-state index contributed by atoms with van der Waals surface area (Å²) in [6.07, 6.45) is 0.484. The maximum atomic E-state index is 15.9. The third kappa shape index (κ3) is 6.32. The highest BCUT2D eigenvalue weighted by Crippen LogP contribution is 2.66. The van der Waals surface area contributed by atoms with Gasteiger partial charge in [0.25, 0.3) is 0 Å². The number of halogens is 1. The van der Waals surface area contributed by atoms with Gasteiger partial charge in [0.15, 0.2) is 0 Å². The molecule has 288 valence electrons. The molecule has 7 rings (SSSR count). The lowest BCUT2D eigenvalue weighted by atomic mass is 9.65. The summed E-state index contributed by atoms with van der Waals surface area (Å²) >= 11 is 2.10. The zero-order valence-corrected chi connectivity index (χ0v) is 33.0. The summed E-state index contributed by atoms with van der Waals surface area (Å²) in [7, 11) is 1.21. The van der Waals surface area contributed by atoms with Crippen LogP contribution in [0.3, 0.4) is 0 Å². The molecule has 12 nitrogen and oxygen atoms in total. The second kappa shape index (κ2) is 15.5. The Balaban J connectivity index is 1.55. The van der Waals surface area contributed by atoms with Gasteiger partial charge in [-0.2, -0.15) is 0 Å². The van der Waals surface area contributed by atoms with Gasteiger partial charge < -0.3 is 24.6 Å². The topological polar surface area (TPSA) is 152 Å². The number of esters is 3. The van der Waals surface area contributed by atoms with Gasteiger partial charge in [-0.15, -0.1) is 0 Å². The van der Waals surface area contributed by atoms with Gasteiger partial charge >= 0.3 is 23.9 Å². The third-order valence-corrected chi connectivity index (χ3v) is 11.5. The van der Waals surface area contributed by atoms with E-state index in [2.05, 4.69) is 34.5 Å². The maximum absolute atomic E-state index is 15.9. The lowest BCUT2D eigenvalue weighted by molar-refractivity contribution is -0.180. The molecule has 7 atom stereocenters. The predicted octanol–water partition coefficient (Wildman–Crippen LogP) is 6.30. The molecule has 56 heavy (non-hydrogen) atoms. The van der Waals surface area contributed by atoms with Crippen LogP contribution in [0.1, 0.15) is 54.3 Å². The summed E-state index contributed by atoms with van der Waals surface area (Å²) in [5.74, 6) is -5.20. The third-order valence-electron chi connectivity index (χ3n) is 10.8. The molecule has 3 aliphatic rings. The quantitative estimate of drug-likeness (QED) is 0.0850. The van der Waals surface area contributed by atoms with Crippen molar-refractivity contribution in [2.24, 2.45) is 11.8 Å². The molecule has 0 aliphatic carbocycles. The summed E-state index contributed by atoms with van der Waals surface area (Å²) < 4.78 is 17.8. The van der Waals surface area contributed by atoms with Crippen LogP contribution in [0.15, 0.2) is 116 Å². The number of carbonyl (C=O) groups is 5. The van der Waals surface area contributed by atoms with Crippen molar-refractivity contribution in [3.63, 3.8) is 0 Å². The molecular weight excluding hydrogens is 829 g/mol. The van der Waals surface area contributed by atoms with Crippen molar-refractivity contribution in [3.05, 3.63) is 142 Å². The Labute approximate surface area is 337 Å². The molecule has 0 radical (unpaired) electrons. The number of carbonyl (C=O) groups excluding carboxylic acids is 5. The van der Waals surface area contributed by atoms with Gasteiger partial charge in [-0.05, 0) is 81.1 Å². The largest absolute Gasteiger partial charge is 0.508 e.